The summed E-state index contributed by atoms with van der Waals surface area (Å²) < 4.78 is 0. The fraction of sp³-hybridized carbons (Fsp3) is 0.0667. The highest BCUT2D eigenvalue weighted by Gasteiger charge is 2.13. The molecule has 100 valence electrons. The Balaban J connectivity index is 1.89. The summed E-state index contributed by atoms with van der Waals surface area (Å²) in [6, 6.07) is 15.3. The average molecular weight is 283 g/mol. The number of anilines is 1. The quantitative estimate of drug-likeness (QED) is 0.723. The number of H-pyrrole nitrogens is 1. The summed E-state index contributed by atoms with van der Waals surface area (Å²) >= 11 is 1.64. The lowest BCUT2D eigenvalue weighted by atomic mass is 10.2. The molecule has 0 aliphatic heterocycles. The van der Waals surface area contributed by atoms with Crippen LogP contribution in [-0.4, -0.2) is 22.4 Å². The highest BCUT2D eigenvalue weighted by Crippen LogP contribution is 2.21. The van der Waals surface area contributed by atoms with E-state index in [1.54, 1.807) is 11.8 Å². The Morgan fingerprint density at radius 3 is 2.90 bits per heavy atom. The van der Waals surface area contributed by atoms with Gasteiger partial charge in [-0.05, 0) is 30.5 Å². The van der Waals surface area contributed by atoms with E-state index < -0.39 is 0 Å². The maximum atomic E-state index is 12.3. The first-order valence-electron chi connectivity index (χ1n) is 6.16. The van der Waals surface area contributed by atoms with Crippen LogP contribution in [0.1, 0.15) is 10.5 Å². The van der Waals surface area contributed by atoms with Gasteiger partial charge in [-0.1, -0.05) is 24.3 Å². The van der Waals surface area contributed by atoms with Gasteiger partial charge in [-0.15, -0.1) is 11.8 Å². The Morgan fingerprint density at radius 2 is 2.05 bits per heavy atom. The van der Waals surface area contributed by atoms with Crippen molar-refractivity contribution in [1.29, 1.82) is 0 Å². The molecular formula is C15H13N3OS. The molecule has 0 spiro atoms. The zero-order chi connectivity index (χ0) is 13.9. The van der Waals surface area contributed by atoms with E-state index in [-0.39, 0.29) is 5.91 Å². The lowest BCUT2D eigenvalue weighted by molar-refractivity contribution is 0.102. The smallest absolute Gasteiger partial charge is 0.276 e. The largest absolute Gasteiger partial charge is 0.321 e. The number of nitrogens with one attached hydrogen (secondary N) is 2. The lowest BCUT2D eigenvalue weighted by Crippen LogP contribution is -2.12. The van der Waals surface area contributed by atoms with E-state index in [9.17, 15) is 4.79 Å². The molecule has 3 rings (SSSR count). The van der Waals surface area contributed by atoms with Gasteiger partial charge in [0.15, 0.2) is 5.69 Å². The predicted molar refractivity (Wildman–Crippen MR) is 82.3 cm³/mol. The van der Waals surface area contributed by atoms with E-state index in [1.165, 1.54) is 0 Å². The first kappa shape index (κ1) is 12.7. The molecule has 1 heterocycles. The molecule has 2 aromatic carbocycles. The number of carbonyl (C=O) groups is 1. The van der Waals surface area contributed by atoms with E-state index >= 15 is 0 Å². The van der Waals surface area contributed by atoms with Crippen molar-refractivity contribution in [3.05, 3.63) is 54.2 Å². The number of benzene rings is 2. The van der Waals surface area contributed by atoms with Gasteiger partial charge in [0.05, 0.1) is 5.52 Å². The Morgan fingerprint density at radius 1 is 1.20 bits per heavy atom. The summed E-state index contributed by atoms with van der Waals surface area (Å²) in [5.74, 6) is -0.208. The molecule has 0 saturated carbocycles. The van der Waals surface area contributed by atoms with Gasteiger partial charge in [-0.3, -0.25) is 9.89 Å². The average Bonchev–Trinajstić information content (AvgIpc) is 2.91. The first-order valence-corrected chi connectivity index (χ1v) is 7.39. The standard InChI is InChI=1S/C15H13N3OS/c1-20-11-6-4-5-10(9-11)16-15(19)14-12-7-2-3-8-13(12)17-18-14/h2-9H,1H3,(H,16,19)(H,17,18). The predicted octanol–water partition coefficient (Wildman–Crippen LogP) is 3.54. The van der Waals surface area contributed by atoms with Crippen LogP contribution in [0.5, 0.6) is 0 Å². The van der Waals surface area contributed by atoms with Crippen LogP contribution in [0.4, 0.5) is 5.69 Å². The SMILES string of the molecule is CSc1cccc(NC(=O)c2n[nH]c3ccccc23)c1. The van der Waals surface area contributed by atoms with Gasteiger partial charge in [-0.25, -0.2) is 0 Å². The number of aromatic amines is 1. The third-order valence-corrected chi connectivity index (χ3v) is 3.74. The Kier molecular flexibility index (Phi) is 3.43. The normalized spacial score (nSPS) is 10.7. The number of thioether (sulfide) groups is 1. The Labute approximate surface area is 120 Å². The van der Waals surface area contributed by atoms with Crippen LogP contribution < -0.4 is 5.32 Å². The topological polar surface area (TPSA) is 57.8 Å². The fourth-order valence-electron chi connectivity index (χ4n) is 2.03. The van der Waals surface area contributed by atoms with Gasteiger partial charge >= 0.3 is 0 Å². The van der Waals surface area contributed by atoms with Crippen molar-refractivity contribution in [2.75, 3.05) is 11.6 Å². The fourth-order valence-corrected chi connectivity index (χ4v) is 2.49. The van der Waals surface area contributed by atoms with Gasteiger partial charge in [0, 0.05) is 16.0 Å². The summed E-state index contributed by atoms with van der Waals surface area (Å²) in [6.07, 6.45) is 2.00. The molecule has 0 saturated heterocycles. The number of para-hydroxylation sites is 1. The van der Waals surface area contributed by atoms with E-state index in [0.29, 0.717) is 5.69 Å². The summed E-state index contributed by atoms with van der Waals surface area (Å²) in [6.45, 7) is 0. The monoisotopic (exact) mass is 283 g/mol. The maximum absolute atomic E-state index is 12.3. The van der Waals surface area contributed by atoms with E-state index in [4.69, 9.17) is 0 Å². The van der Waals surface area contributed by atoms with E-state index in [2.05, 4.69) is 15.5 Å². The molecule has 2 N–H and O–H groups in total. The van der Waals surface area contributed by atoms with Crippen molar-refractivity contribution in [3.8, 4) is 0 Å². The highest BCUT2D eigenvalue weighted by atomic mass is 32.2. The summed E-state index contributed by atoms with van der Waals surface area (Å²) in [7, 11) is 0. The second kappa shape index (κ2) is 5.38. The number of fused-ring (bicyclic) bond motifs is 1. The van der Waals surface area contributed by atoms with Crippen molar-refractivity contribution < 1.29 is 4.79 Å². The van der Waals surface area contributed by atoms with Crippen molar-refractivity contribution in [2.24, 2.45) is 0 Å². The molecule has 3 aromatic rings. The number of hydrogen-bond acceptors (Lipinski definition) is 3. The van der Waals surface area contributed by atoms with Crippen molar-refractivity contribution in [3.63, 3.8) is 0 Å². The van der Waals surface area contributed by atoms with Gasteiger partial charge in [0.25, 0.3) is 5.91 Å². The minimum absolute atomic E-state index is 0.208. The molecule has 1 aromatic heterocycles. The molecule has 0 atom stereocenters. The number of amides is 1. The first-order chi connectivity index (χ1) is 9.78. The van der Waals surface area contributed by atoms with Crippen LogP contribution in [0.25, 0.3) is 10.9 Å². The van der Waals surface area contributed by atoms with Crippen molar-refractivity contribution in [1.82, 2.24) is 10.2 Å². The van der Waals surface area contributed by atoms with Crippen LogP contribution in [0.2, 0.25) is 0 Å². The minimum atomic E-state index is -0.208. The highest BCUT2D eigenvalue weighted by molar-refractivity contribution is 7.98. The molecule has 0 unspecified atom stereocenters. The second-order valence-electron chi connectivity index (χ2n) is 4.30. The molecule has 20 heavy (non-hydrogen) atoms. The van der Waals surface area contributed by atoms with Gasteiger partial charge in [0.2, 0.25) is 0 Å². The molecule has 0 aliphatic carbocycles. The van der Waals surface area contributed by atoms with Gasteiger partial charge < -0.3 is 5.32 Å². The molecule has 0 fully saturated rings. The Bertz CT molecular complexity index is 766. The van der Waals surface area contributed by atoms with Gasteiger partial charge in [0.1, 0.15) is 0 Å². The zero-order valence-corrected chi connectivity index (χ0v) is 11.7. The number of nitrogens with zero attached hydrogens (tertiary/aromatic N) is 1. The van der Waals surface area contributed by atoms with Crippen LogP contribution in [0.3, 0.4) is 0 Å². The molecular weight excluding hydrogens is 270 g/mol. The number of rotatable bonds is 3. The van der Waals surface area contributed by atoms with Gasteiger partial charge in [-0.2, -0.15) is 5.10 Å². The third-order valence-electron chi connectivity index (χ3n) is 3.01. The number of aromatic nitrogens is 2. The second-order valence-corrected chi connectivity index (χ2v) is 5.18. The molecule has 0 radical (unpaired) electrons. The molecule has 0 aliphatic rings. The summed E-state index contributed by atoms with van der Waals surface area (Å²) in [5.41, 5.74) is 2.04. The number of carbonyl (C=O) groups excluding carboxylic acids is 1. The van der Waals surface area contributed by atoms with Crippen molar-refractivity contribution in [2.45, 2.75) is 4.90 Å². The lowest BCUT2D eigenvalue weighted by Gasteiger charge is -2.05. The number of hydrogen-bond donors (Lipinski definition) is 2. The summed E-state index contributed by atoms with van der Waals surface area (Å²) in [4.78, 5) is 13.4. The summed E-state index contributed by atoms with van der Waals surface area (Å²) in [5, 5.41) is 10.7. The van der Waals surface area contributed by atoms with Crippen LogP contribution in [-0.2, 0) is 0 Å². The third kappa shape index (κ3) is 2.40. The zero-order valence-electron chi connectivity index (χ0n) is 10.9. The molecule has 5 heteroatoms. The van der Waals surface area contributed by atoms with Crippen LogP contribution >= 0.6 is 11.8 Å². The maximum Gasteiger partial charge on any atom is 0.276 e. The molecule has 0 bridgehead atoms. The minimum Gasteiger partial charge on any atom is -0.321 e. The van der Waals surface area contributed by atoms with E-state index in [1.807, 2.05) is 54.8 Å². The molecule has 1 amide bonds. The van der Waals surface area contributed by atoms with Crippen LogP contribution in [0, 0.1) is 0 Å². The Hall–Kier alpha value is -2.27. The van der Waals surface area contributed by atoms with Crippen molar-refractivity contribution >= 4 is 34.3 Å². The van der Waals surface area contributed by atoms with Crippen LogP contribution in [0.15, 0.2) is 53.4 Å². The van der Waals surface area contributed by atoms with E-state index in [0.717, 1.165) is 21.5 Å². The molecule has 4 nitrogen and oxygen atoms in total.